The topological polar surface area (TPSA) is 12.9 Å². The average molecular weight is 131 g/mol. The Kier molecular flexibility index (Phi) is 1.70. The van der Waals surface area contributed by atoms with Crippen LogP contribution in [0.25, 0.3) is 0 Å². The Labute approximate surface area is 50.8 Å². The molecule has 0 bridgehead atoms. The van der Waals surface area contributed by atoms with Crippen LogP contribution in [0, 0.1) is 0 Å². The molecular weight excluding hydrogens is 126 g/mol. The molecule has 0 spiro atoms. The van der Waals surface area contributed by atoms with Crippen molar-refractivity contribution >= 4 is 23.1 Å². The van der Waals surface area contributed by atoms with Crippen LogP contribution in [0.5, 0.6) is 0 Å². The van der Waals surface area contributed by atoms with Gasteiger partial charge >= 0.3 is 0 Å². The third-order valence-corrected chi connectivity index (χ3v) is 2.00. The van der Waals surface area contributed by atoms with E-state index in [1.165, 1.54) is 0 Å². The maximum absolute atomic E-state index is 4.02. The quantitative estimate of drug-likeness (QED) is 0.540. The molecule has 0 aromatic carbocycles. The summed E-state index contributed by atoms with van der Waals surface area (Å²) in [6.07, 6.45) is 2.02. The zero-order chi connectivity index (χ0) is 5.11. The summed E-state index contributed by atoms with van der Waals surface area (Å²) in [6, 6.07) is 0. The molecule has 0 aliphatic rings. The van der Waals surface area contributed by atoms with Gasteiger partial charge in [-0.05, 0) is 6.26 Å². The highest BCUT2D eigenvalue weighted by Gasteiger charge is 1.84. The number of rotatable bonds is 1. The molecule has 3 heteroatoms. The first-order valence-corrected chi connectivity index (χ1v) is 4.02. The van der Waals surface area contributed by atoms with E-state index < -0.39 is 0 Å². The summed E-state index contributed by atoms with van der Waals surface area (Å²) in [7, 11) is 0. The van der Waals surface area contributed by atoms with Crippen LogP contribution in [0.15, 0.2) is 15.9 Å². The number of nitrogens with zero attached hydrogens (tertiary/aromatic N) is 1. The Hall–Kier alpha value is -0.0200. The second-order valence-corrected chi connectivity index (χ2v) is 2.58. The lowest BCUT2D eigenvalue weighted by atomic mass is 11.0. The Morgan fingerprint density at radius 2 is 2.71 bits per heavy atom. The van der Waals surface area contributed by atoms with Crippen LogP contribution < -0.4 is 0 Å². The summed E-state index contributed by atoms with van der Waals surface area (Å²) in [5, 5.41) is 3.15. The summed E-state index contributed by atoms with van der Waals surface area (Å²) in [6.45, 7) is 0. The third kappa shape index (κ3) is 1.17. The molecule has 38 valence electrons. The van der Waals surface area contributed by atoms with Crippen molar-refractivity contribution in [3.05, 3.63) is 10.9 Å². The van der Waals surface area contributed by atoms with Gasteiger partial charge in [-0.1, -0.05) is 0 Å². The zero-order valence-electron chi connectivity index (χ0n) is 3.92. The van der Waals surface area contributed by atoms with Gasteiger partial charge in [0.2, 0.25) is 0 Å². The lowest BCUT2D eigenvalue weighted by molar-refractivity contribution is 1.21. The molecular formula is C4H5NS2. The minimum atomic E-state index is 1.12. The van der Waals surface area contributed by atoms with Gasteiger partial charge in [-0.25, -0.2) is 4.98 Å². The smallest absolute Gasteiger partial charge is 0.107 e. The fourth-order valence-electron chi connectivity index (χ4n) is 0.302. The van der Waals surface area contributed by atoms with Crippen molar-refractivity contribution in [2.24, 2.45) is 0 Å². The van der Waals surface area contributed by atoms with Crippen molar-refractivity contribution in [3.63, 3.8) is 0 Å². The van der Waals surface area contributed by atoms with E-state index >= 15 is 0 Å². The first-order chi connectivity index (χ1) is 3.43. The molecule has 0 aliphatic carbocycles. The molecule has 0 fully saturated rings. The number of aromatic nitrogens is 1. The molecule has 0 atom stereocenters. The van der Waals surface area contributed by atoms with Gasteiger partial charge in [0.05, 0.1) is 5.51 Å². The Morgan fingerprint density at radius 1 is 1.86 bits per heavy atom. The van der Waals surface area contributed by atoms with Gasteiger partial charge in [0.15, 0.2) is 0 Å². The van der Waals surface area contributed by atoms with Crippen LogP contribution in [0.3, 0.4) is 0 Å². The largest absolute Gasteiger partial charge is 0.238 e. The molecule has 0 unspecified atom stereocenters. The van der Waals surface area contributed by atoms with E-state index in [2.05, 4.69) is 4.98 Å². The minimum absolute atomic E-state index is 1.12. The lowest BCUT2D eigenvalue weighted by Crippen LogP contribution is -1.59. The lowest BCUT2D eigenvalue weighted by Gasteiger charge is -1.77. The normalized spacial score (nSPS) is 9.29. The van der Waals surface area contributed by atoms with Gasteiger partial charge in [0.1, 0.15) is 5.03 Å². The van der Waals surface area contributed by atoms with Crippen molar-refractivity contribution in [1.29, 1.82) is 0 Å². The first kappa shape index (κ1) is 5.12. The van der Waals surface area contributed by atoms with Crippen LogP contribution in [0.2, 0.25) is 0 Å². The van der Waals surface area contributed by atoms with Gasteiger partial charge in [0, 0.05) is 5.38 Å². The highest BCUT2D eigenvalue weighted by Crippen LogP contribution is 2.12. The van der Waals surface area contributed by atoms with Crippen molar-refractivity contribution in [2.75, 3.05) is 6.26 Å². The molecule has 0 saturated heterocycles. The molecule has 0 N–H and O–H groups in total. The van der Waals surface area contributed by atoms with Crippen LogP contribution in [0.1, 0.15) is 0 Å². The molecule has 7 heavy (non-hydrogen) atoms. The third-order valence-electron chi connectivity index (χ3n) is 0.619. The maximum atomic E-state index is 4.02. The van der Waals surface area contributed by atoms with Gasteiger partial charge in [-0.2, -0.15) is 0 Å². The van der Waals surface area contributed by atoms with Crippen LogP contribution in [-0.2, 0) is 0 Å². The van der Waals surface area contributed by atoms with E-state index in [9.17, 15) is 0 Å². The van der Waals surface area contributed by atoms with E-state index in [4.69, 9.17) is 0 Å². The Bertz CT molecular complexity index is 124. The monoisotopic (exact) mass is 131 g/mol. The van der Waals surface area contributed by atoms with E-state index in [1.54, 1.807) is 23.1 Å². The standard InChI is InChI=1S/C4H5NS2/c1-6-4-2-7-3-5-4/h2-3H,1H3. The molecule has 1 rings (SSSR count). The highest BCUT2D eigenvalue weighted by molar-refractivity contribution is 7.98. The zero-order valence-corrected chi connectivity index (χ0v) is 5.55. The Balaban J connectivity index is 2.76. The summed E-state index contributed by atoms with van der Waals surface area (Å²) >= 11 is 3.31. The van der Waals surface area contributed by atoms with E-state index in [0.717, 1.165) is 5.03 Å². The molecule has 0 saturated carbocycles. The maximum Gasteiger partial charge on any atom is 0.107 e. The molecule has 0 radical (unpaired) electrons. The van der Waals surface area contributed by atoms with E-state index in [0.29, 0.717) is 0 Å². The molecule has 1 aromatic rings. The van der Waals surface area contributed by atoms with E-state index in [-0.39, 0.29) is 0 Å². The number of thiazole rings is 1. The van der Waals surface area contributed by atoms with Crippen LogP contribution in [0.4, 0.5) is 0 Å². The summed E-state index contributed by atoms with van der Waals surface area (Å²) in [5.41, 5.74) is 1.84. The molecule has 1 nitrogen and oxygen atoms in total. The average Bonchev–Trinajstić information content (AvgIpc) is 2.14. The van der Waals surface area contributed by atoms with Gasteiger partial charge in [0.25, 0.3) is 0 Å². The van der Waals surface area contributed by atoms with Crippen molar-refractivity contribution in [2.45, 2.75) is 5.03 Å². The fraction of sp³-hybridized carbons (Fsp3) is 0.250. The second-order valence-electron chi connectivity index (χ2n) is 1.03. The predicted octanol–water partition coefficient (Wildman–Crippen LogP) is 1.86. The molecule has 1 heterocycles. The second kappa shape index (κ2) is 2.33. The fourth-order valence-corrected chi connectivity index (χ4v) is 1.49. The van der Waals surface area contributed by atoms with Crippen molar-refractivity contribution in [1.82, 2.24) is 4.98 Å². The SMILES string of the molecule is CSc1cscn1. The number of hydrogen-bond acceptors (Lipinski definition) is 3. The van der Waals surface area contributed by atoms with Crippen molar-refractivity contribution in [3.8, 4) is 0 Å². The first-order valence-electron chi connectivity index (χ1n) is 1.85. The molecule has 0 aliphatic heterocycles. The number of hydrogen-bond donors (Lipinski definition) is 0. The van der Waals surface area contributed by atoms with Crippen LogP contribution in [-0.4, -0.2) is 11.2 Å². The predicted molar refractivity (Wildman–Crippen MR) is 33.9 cm³/mol. The van der Waals surface area contributed by atoms with Crippen molar-refractivity contribution < 1.29 is 0 Å². The summed E-state index contributed by atoms with van der Waals surface area (Å²) < 4.78 is 0. The minimum Gasteiger partial charge on any atom is -0.238 e. The molecule has 0 amide bonds. The van der Waals surface area contributed by atoms with E-state index in [1.807, 2.05) is 17.1 Å². The number of thioether (sulfide) groups is 1. The highest BCUT2D eigenvalue weighted by atomic mass is 32.2. The van der Waals surface area contributed by atoms with Crippen LogP contribution >= 0.6 is 23.1 Å². The van der Waals surface area contributed by atoms with Gasteiger partial charge < -0.3 is 0 Å². The molecule has 1 aromatic heterocycles. The Morgan fingerprint density at radius 3 is 3.00 bits per heavy atom. The summed E-state index contributed by atoms with van der Waals surface area (Å²) in [5.74, 6) is 0. The van der Waals surface area contributed by atoms with Gasteiger partial charge in [-0.15, -0.1) is 23.1 Å². The summed E-state index contributed by atoms with van der Waals surface area (Å²) in [4.78, 5) is 4.02. The van der Waals surface area contributed by atoms with Gasteiger partial charge in [-0.3, -0.25) is 0 Å².